The van der Waals surface area contributed by atoms with Gasteiger partial charge in [0.05, 0.1) is 5.56 Å². The molecule has 1 fully saturated rings. The van der Waals surface area contributed by atoms with Crippen LogP contribution in [-0.2, 0) is 0 Å². The van der Waals surface area contributed by atoms with Crippen molar-refractivity contribution in [2.45, 2.75) is 38.1 Å². The fourth-order valence-electron chi connectivity index (χ4n) is 3.33. The molecule has 0 radical (unpaired) electrons. The van der Waals surface area contributed by atoms with E-state index in [0.29, 0.717) is 11.6 Å². The third-order valence-electron chi connectivity index (χ3n) is 4.77. The molecule has 1 unspecified atom stereocenters. The number of hydrogen-bond acceptors (Lipinski definition) is 4. The summed E-state index contributed by atoms with van der Waals surface area (Å²) in [4.78, 5) is 6.72. The zero-order valence-electron chi connectivity index (χ0n) is 13.0. The molecule has 1 aromatic heterocycles. The molecule has 0 aromatic carbocycles. The summed E-state index contributed by atoms with van der Waals surface area (Å²) in [7, 11) is 0. The van der Waals surface area contributed by atoms with E-state index in [4.69, 9.17) is 5.26 Å². The summed E-state index contributed by atoms with van der Waals surface area (Å²) in [5.74, 6) is 1.82. The van der Waals surface area contributed by atoms with Crippen molar-refractivity contribution in [3.8, 4) is 6.07 Å². The van der Waals surface area contributed by atoms with E-state index in [2.05, 4.69) is 33.4 Å². The number of nitrogens with zero attached hydrogens (tertiary/aromatic N) is 3. The summed E-state index contributed by atoms with van der Waals surface area (Å²) < 4.78 is 0. The number of piperidine rings is 1. The summed E-state index contributed by atoms with van der Waals surface area (Å²) in [5, 5.41) is 12.6. The van der Waals surface area contributed by atoms with Gasteiger partial charge in [0.1, 0.15) is 11.9 Å². The lowest BCUT2D eigenvalue weighted by Gasteiger charge is -2.34. The normalized spacial score (nSPS) is 22.5. The smallest absolute Gasteiger partial charge is 0.128 e. The van der Waals surface area contributed by atoms with Crippen LogP contribution in [0.15, 0.2) is 30.5 Å². The molecule has 4 heteroatoms. The van der Waals surface area contributed by atoms with Crippen molar-refractivity contribution in [1.82, 2.24) is 10.3 Å². The fraction of sp³-hybridized carbons (Fsp3) is 0.556. The maximum absolute atomic E-state index is 8.82. The molecule has 4 nitrogen and oxygen atoms in total. The number of aromatic nitrogens is 1. The molecule has 3 rings (SSSR count). The van der Waals surface area contributed by atoms with Crippen molar-refractivity contribution in [2.75, 3.05) is 24.5 Å². The summed E-state index contributed by atoms with van der Waals surface area (Å²) in [6.07, 6.45) is 12.5. The number of pyridine rings is 1. The first kappa shape index (κ1) is 15.1. The Balaban J connectivity index is 1.43. The predicted octanol–water partition coefficient (Wildman–Crippen LogP) is 2.87. The zero-order valence-corrected chi connectivity index (χ0v) is 13.0. The SMILES string of the molecule is N#Cc1ccc(N2CCC(NCC3CC=CCC3)CC2)nc1. The Hall–Kier alpha value is -1.86. The molecule has 2 heterocycles. The first-order chi connectivity index (χ1) is 10.8. The highest BCUT2D eigenvalue weighted by molar-refractivity contribution is 5.42. The number of allylic oxidation sites excluding steroid dienone is 2. The molecule has 1 aliphatic carbocycles. The van der Waals surface area contributed by atoms with Gasteiger partial charge < -0.3 is 10.2 Å². The van der Waals surface area contributed by atoms with Crippen LogP contribution in [0.25, 0.3) is 0 Å². The molecule has 0 bridgehead atoms. The van der Waals surface area contributed by atoms with E-state index in [0.717, 1.165) is 31.4 Å². The molecule has 0 saturated carbocycles. The van der Waals surface area contributed by atoms with Gasteiger partial charge in [0.15, 0.2) is 0 Å². The second kappa shape index (κ2) is 7.42. The average Bonchev–Trinajstić information content (AvgIpc) is 2.61. The number of nitriles is 1. The van der Waals surface area contributed by atoms with E-state index in [1.165, 1.54) is 32.1 Å². The molecule has 0 amide bonds. The van der Waals surface area contributed by atoms with Gasteiger partial charge in [-0.3, -0.25) is 0 Å². The first-order valence-electron chi connectivity index (χ1n) is 8.34. The van der Waals surface area contributed by atoms with Crippen LogP contribution in [0.3, 0.4) is 0 Å². The molecule has 1 N–H and O–H groups in total. The van der Waals surface area contributed by atoms with Crippen LogP contribution in [0, 0.1) is 17.2 Å². The van der Waals surface area contributed by atoms with E-state index in [1.54, 1.807) is 6.20 Å². The Morgan fingerprint density at radius 1 is 1.23 bits per heavy atom. The maximum atomic E-state index is 8.82. The van der Waals surface area contributed by atoms with Crippen molar-refractivity contribution >= 4 is 5.82 Å². The highest BCUT2D eigenvalue weighted by Crippen LogP contribution is 2.20. The van der Waals surface area contributed by atoms with E-state index in [9.17, 15) is 0 Å². The number of nitrogens with one attached hydrogen (secondary N) is 1. The van der Waals surface area contributed by atoms with Crippen LogP contribution in [-0.4, -0.2) is 30.7 Å². The molecule has 1 aromatic rings. The number of anilines is 1. The molecule has 2 aliphatic rings. The van der Waals surface area contributed by atoms with E-state index in [1.807, 2.05) is 12.1 Å². The molecule has 116 valence electrons. The minimum atomic E-state index is 0.627. The van der Waals surface area contributed by atoms with Gasteiger partial charge in [-0.2, -0.15) is 5.26 Å². The van der Waals surface area contributed by atoms with E-state index < -0.39 is 0 Å². The lowest BCUT2D eigenvalue weighted by Crippen LogP contribution is -2.44. The van der Waals surface area contributed by atoms with Crippen molar-refractivity contribution < 1.29 is 0 Å². The van der Waals surface area contributed by atoms with Gasteiger partial charge in [-0.1, -0.05) is 12.2 Å². The van der Waals surface area contributed by atoms with Crippen LogP contribution >= 0.6 is 0 Å². The minimum Gasteiger partial charge on any atom is -0.357 e. The van der Waals surface area contributed by atoms with E-state index in [-0.39, 0.29) is 0 Å². The Morgan fingerprint density at radius 3 is 2.73 bits per heavy atom. The molecule has 0 spiro atoms. The molecule has 1 saturated heterocycles. The number of hydrogen-bond donors (Lipinski definition) is 1. The standard InChI is InChI=1S/C18H24N4/c19-12-16-6-7-18(21-14-16)22-10-8-17(9-11-22)20-13-15-4-2-1-3-5-15/h1-2,6-7,14-15,17,20H,3-5,8-11,13H2. The highest BCUT2D eigenvalue weighted by atomic mass is 15.2. The van der Waals surface area contributed by atoms with Gasteiger partial charge in [0.2, 0.25) is 0 Å². The van der Waals surface area contributed by atoms with E-state index >= 15 is 0 Å². The van der Waals surface area contributed by atoms with Crippen molar-refractivity contribution in [3.63, 3.8) is 0 Å². The third kappa shape index (κ3) is 3.86. The summed E-state index contributed by atoms with van der Waals surface area (Å²) in [6, 6.07) is 6.57. The first-order valence-corrected chi connectivity index (χ1v) is 8.34. The quantitative estimate of drug-likeness (QED) is 0.868. The second-order valence-electron chi connectivity index (χ2n) is 6.34. The van der Waals surface area contributed by atoms with Crippen LogP contribution in [0.1, 0.15) is 37.7 Å². The minimum absolute atomic E-state index is 0.627. The van der Waals surface area contributed by atoms with Gasteiger partial charge in [-0.25, -0.2) is 4.98 Å². The summed E-state index contributed by atoms with van der Waals surface area (Å²) in [6.45, 7) is 3.24. The monoisotopic (exact) mass is 296 g/mol. The van der Waals surface area contributed by atoms with Crippen molar-refractivity contribution in [1.29, 1.82) is 5.26 Å². The predicted molar refractivity (Wildman–Crippen MR) is 88.7 cm³/mol. The van der Waals surface area contributed by atoms with Gasteiger partial charge in [0.25, 0.3) is 0 Å². The summed E-state index contributed by atoms with van der Waals surface area (Å²) in [5.41, 5.74) is 0.627. The van der Waals surface area contributed by atoms with Gasteiger partial charge in [-0.05, 0) is 56.7 Å². The highest BCUT2D eigenvalue weighted by Gasteiger charge is 2.20. The van der Waals surface area contributed by atoms with Gasteiger partial charge >= 0.3 is 0 Å². The van der Waals surface area contributed by atoms with Crippen LogP contribution < -0.4 is 10.2 Å². The Bertz CT molecular complexity index is 535. The molecule has 1 atom stereocenters. The lowest BCUT2D eigenvalue weighted by atomic mass is 9.93. The van der Waals surface area contributed by atoms with Gasteiger partial charge in [0, 0.05) is 25.3 Å². The van der Waals surface area contributed by atoms with Crippen molar-refractivity contribution in [2.24, 2.45) is 5.92 Å². The molecular formula is C18H24N4. The Kier molecular flexibility index (Phi) is 5.07. The second-order valence-corrected chi connectivity index (χ2v) is 6.34. The Labute approximate surface area is 132 Å². The lowest BCUT2D eigenvalue weighted by molar-refractivity contribution is 0.361. The molecule has 1 aliphatic heterocycles. The maximum Gasteiger partial charge on any atom is 0.128 e. The average molecular weight is 296 g/mol. The topological polar surface area (TPSA) is 52.0 Å². The van der Waals surface area contributed by atoms with Crippen molar-refractivity contribution in [3.05, 3.63) is 36.0 Å². The molecule has 22 heavy (non-hydrogen) atoms. The molecular weight excluding hydrogens is 272 g/mol. The third-order valence-corrected chi connectivity index (χ3v) is 4.77. The number of rotatable bonds is 4. The van der Waals surface area contributed by atoms with Gasteiger partial charge in [-0.15, -0.1) is 0 Å². The largest absolute Gasteiger partial charge is 0.357 e. The summed E-state index contributed by atoms with van der Waals surface area (Å²) >= 11 is 0. The fourth-order valence-corrected chi connectivity index (χ4v) is 3.33. The zero-order chi connectivity index (χ0) is 15.2. The van der Waals surface area contributed by atoms with Crippen LogP contribution in [0.2, 0.25) is 0 Å². The van der Waals surface area contributed by atoms with Crippen LogP contribution in [0.4, 0.5) is 5.82 Å². The van der Waals surface area contributed by atoms with Crippen LogP contribution in [0.5, 0.6) is 0 Å². The Morgan fingerprint density at radius 2 is 2.09 bits per heavy atom.